The lowest BCUT2D eigenvalue weighted by molar-refractivity contribution is -0.135. The van der Waals surface area contributed by atoms with Crippen molar-refractivity contribution in [2.75, 3.05) is 27.3 Å². The van der Waals surface area contributed by atoms with Crippen LogP contribution < -0.4 is 5.32 Å². The van der Waals surface area contributed by atoms with Crippen LogP contribution in [0.3, 0.4) is 0 Å². The second-order valence-electron chi connectivity index (χ2n) is 12.5. The van der Waals surface area contributed by atoms with E-state index >= 15 is 0 Å². The van der Waals surface area contributed by atoms with Crippen molar-refractivity contribution in [2.24, 2.45) is 5.92 Å². The van der Waals surface area contributed by atoms with Gasteiger partial charge in [0.1, 0.15) is 5.60 Å². The molecule has 0 heterocycles. The Hall–Kier alpha value is -2.65. The average molecular weight is 603 g/mol. The first kappa shape index (κ1) is 33.8. The van der Waals surface area contributed by atoms with Gasteiger partial charge in [-0.05, 0) is 83.4 Å². The minimum atomic E-state index is -1.25. The summed E-state index contributed by atoms with van der Waals surface area (Å²) >= 11 is 6.75. The third kappa shape index (κ3) is 9.17. The second-order valence-corrected chi connectivity index (χ2v) is 12.9. The van der Waals surface area contributed by atoms with Gasteiger partial charge in [0, 0.05) is 43.8 Å². The maximum Gasteiger partial charge on any atom is 0.407 e. The van der Waals surface area contributed by atoms with Gasteiger partial charge in [0.2, 0.25) is 5.91 Å². The number of aliphatic hydroxyl groups excluding tert-OH is 1. The second kappa shape index (κ2) is 14.7. The van der Waals surface area contributed by atoms with Crippen LogP contribution in [0.1, 0.15) is 70.4 Å². The Labute approximate surface area is 255 Å². The molecule has 232 valence electrons. The summed E-state index contributed by atoms with van der Waals surface area (Å²) in [6.07, 6.45) is 1.40. The summed E-state index contributed by atoms with van der Waals surface area (Å²) in [5.41, 5.74) is 1.63. The number of methoxy groups -OCH3 is 1. The number of halogens is 1. The largest absolute Gasteiger partial charge is 0.444 e. The number of benzene rings is 2. The van der Waals surface area contributed by atoms with Gasteiger partial charge >= 0.3 is 6.09 Å². The molecule has 1 fully saturated rings. The fourth-order valence-electron chi connectivity index (χ4n) is 5.67. The molecule has 0 saturated heterocycles. The van der Waals surface area contributed by atoms with Crippen LogP contribution in [0.5, 0.6) is 0 Å². The van der Waals surface area contributed by atoms with Crippen LogP contribution in [0.25, 0.3) is 11.1 Å². The van der Waals surface area contributed by atoms with Crippen molar-refractivity contribution in [3.63, 3.8) is 0 Å². The number of carbonyl (C=O) groups excluding carboxylic acids is 2. The number of hydrogen-bond donors (Lipinski definition) is 3. The van der Waals surface area contributed by atoms with Crippen molar-refractivity contribution >= 4 is 23.6 Å². The van der Waals surface area contributed by atoms with Gasteiger partial charge in [0.15, 0.2) is 0 Å². The lowest BCUT2D eigenvalue weighted by Crippen LogP contribution is -2.43. The highest BCUT2D eigenvalue weighted by Crippen LogP contribution is 2.41. The Morgan fingerprint density at radius 1 is 1.10 bits per heavy atom. The quantitative estimate of drug-likeness (QED) is 0.264. The van der Waals surface area contributed by atoms with Gasteiger partial charge in [-0.15, -0.1) is 0 Å². The van der Waals surface area contributed by atoms with E-state index in [9.17, 15) is 19.8 Å². The zero-order valence-electron chi connectivity index (χ0n) is 25.8. The SMILES string of the molecule is COCCCCC(O)(CCN(C)C(=O)[C@@H]1C[C@H](O)[C@H](NC(=O)OC(C)(C)C)C1)c1cccc(Cl)c1-c1cccc(C)c1. The molecule has 3 rings (SSSR count). The minimum Gasteiger partial charge on any atom is -0.444 e. The fraction of sp³-hybridized carbons (Fsp3) is 0.576. The summed E-state index contributed by atoms with van der Waals surface area (Å²) in [6.45, 7) is 8.22. The van der Waals surface area contributed by atoms with Crippen molar-refractivity contribution < 1.29 is 29.3 Å². The number of nitrogens with zero attached hydrogens (tertiary/aromatic N) is 1. The van der Waals surface area contributed by atoms with E-state index in [4.69, 9.17) is 21.1 Å². The number of hydrogen-bond acceptors (Lipinski definition) is 6. The molecule has 1 aliphatic rings. The first-order chi connectivity index (χ1) is 19.7. The van der Waals surface area contributed by atoms with Crippen LogP contribution in [-0.4, -0.2) is 72.2 Å². The van der Waals surface area contributed by atoms with Crippen molar-refractivity contribution in [1.82, 2.24) is 10.2 Å². The molecule has 0 aromatic heterocycles. The number of amides is 2. The minimum absolute atomic E-state index is 0.130. The number of aliphatic hydroxyl groups is 2. The summed E-state index contributed by atoms with van der Waals surface area (Å²) < 4.78 is 10.5. The Morgan fingerprint density at radius 2 is 1.81 bits per heavy atom. The lowest BCUT2D eigenvalue weighted by Gasteiger charge is -2.33. The highest BCUT2D eigenvalue weighted by Gasteiger charge is 2.40. The van der Waals surface area contributed by atoms with Crippen molar-refractivity contribution in [1.29, 1.82) is 0 Å². The Balaban J connectivity index is 1.77. The van der Waals surface area contributed by atoms with E-state index in [1.165, 1.54) is 0 Å². The average Bonchev–Trinajstić information content (AvgIpc) is 3.27. The molecule has 1 aliphatic carbocycles. The van der Waals surface area contributed by atoms with Gasteiger partial charge in [0.25, 0.3) is 0 Å². The molecule has 9 heteroatoms. The molecule has 0 aliphatic heterocycles. The zero-order valence-corrected chi connectivity index (χ0v) is 26.5. The van der Waals surface area contributed by atoms with Gasteiger partial charge in [-0.1, -0.05) is 53.6 Å². The molecule has 42 heavy (non-hydrogen) atoms. The number of alkyl carbamates (subject to hydrolysis) is 1. The highest BCUT2D eigenvalue weighted by atomic mass is 35.5. The van der Waals surface area contributed by atoms with Crippen molar-refractivity contribution in [3.8, 4) is 11.1 Å². The van der Waals surface area contributed by atoms with E-state index in [-0.39, 0.29) is 12.3 Å². The van der Waals surface area contributed by atoms with Crippen LogP contribution >= 0.6 is 11.6 Å². The van der Waals surface area contributed by atoms with Gasteiger partial charge < -0.3 is 29.9 Å². The smallest absolute Gasteiger partial charge is 0.407 e. The van der Waals surface area contributed by atoms with Crippen molar-refractivity contribution in [2.45, 2.75) is 89.6 Å². The van der Waals surface area contributed by atoms with E-state index in [0.29, 0.717) is 37.4 Å². The molecule has 1 saturated carbocycles. The van der Waals surface area contributed by atoms with E-state index in [0.717, 1.165) is 35.1 Å². The monoisotopic (exact) mass is 602 g/mol. The van der Waals surface area contributed by atoms with Crippen LogP contribution in [0.2, 0.25) is 5.02 Å². The van der Waals surface area contributed by atoms with Crippen LogP contribution in [0.15, 0.2) is 42.5 Å². The number of rotatable bonds is 12. The molecular weight excluding hydrogens is 556 g/mol. The van der Waals surface area contributed by atoms with E-state index in [1.807, 2.05) is 43.3 Å². The molecule has 2 aromatic rings. The summed E-state index contributed by atoms with van der Waals surface area (Å²) in [4.78, 5) is 27.3. The first-order valence-electron chi connectivity index (χ1n) is 14.7. The third-order valence-corrected chi connectivity index (χ3v) is 8.14. The van der Waals surface area contributed by atoms with E-state index in [2.05, 4.69) is 11.4 Å². The molecular formula is C33H47ClN2O6. The summed E-state index contributed by atoms with van der Waals surface area (Å²) in [5.74, 6) is -0.581. The number of unbranched alkanes of at least 4 members (excludes halogenated alkanes) is 1. The molecule has 2 aromatic carbocycles. The lowest BCUT2D eigenvalue weighted by atomic mass is 9.81. The predicted octanol–water partition coefficient (Wildman–Crippen LogP) is 5.83. The van der Waals surface area contributed by atoms with E-state index < -0.39 is 35.4 Å². The maximum absolute atomic E-state index is 13.4. The van der Waals surface area contributed by atoms with Crippen LogP contribution in [0, 0.1) is 12.8 Å². The van der Waals surface area contributed by atoms with Gasteiger partial charge in [-0.2, -0.15) is 0 Å². The molecule has 3 N–H and O–H groups in total. The summed E-state index contributed by atoms with van der Waals surface area (Å²) in [5, 5.41) is 26.1. The van der Waals surface area contributed by atoms with Crippen molar-refractivity contribution in [3.05, 3.63) is 58.6 Å². The standard InChI is InChI=1S/C33H47ClN2O6/c1-22-11-9-12-23(19-22)29-25(13-10-14-26(29)34)33(40,15-7-8-18-41-6)16-17-36(5)30(38)24-20-27(28(37)21-24)35-31(39)42-32(2,3)4/h9-14,19,24,27-28,37,40H,7-8,15-18,20-21H2,1-6H3,(H,35,39)/t24-,27+,28-,33?/m0/s1. The molecule has 2 amide bonds. The first-order valence-corrected chi connectivity index (χ1v) is 15.1. The normalized spacial score (nSPS) is 20.2. The number of nitrogens with one attached hydrogen (secondary N) is 1. The summed E-state index contributed by atoms with van der Waals surface area (Å²) in [7, 11) is 3.38. The Kier molecular flexibility index (Phi) is 11.8. The van der Waals surface area contributed by atoms with Crippen LogP contribution in [-0.2, 0) is 19.9 Å². The van der Waals surface area contributed by atoms with Gasteiger partial charge in [-0.3, -0.25) is 4.79 Å². The predicted molar refractivity (Wildman–Crippen MR) is 165 cm³/mol. The summed E-state index contributed by atoms with van der Waals surface area (Å²) in [6, 6.07) is 13.1. The van der Waals surface area contributed by atoms with Gasteiger partial charge in [0.05, 0.1) is 17.7 Å². The molecule has 0 spiro atoms. The Bertz CT molecular complexity index is 1220. The number of ether oxygens (including phenoxy) is 2. The highest BCUT2D eigenvalue weighted by molar-refractivity contribution is 6.33. The fourth-order valence-corrected chi connectivity index (χ4v) is 5.95. The number of aryl methyl sites for hydroxylation is 1. The van der Waals surface area contributed by atoms with Crippen LogP contribution in [0.4, 0.5) is 4.79 Å². The van der Waals surface area contributed by atoms with E-state index in [1.54, 1.807) is 39.8 Å². The molecule has 0 bridgehead atoms. The zero-order chi connectivity index (χ0) is 31.1. The molecule has 0 radical (unpaired) electrons. The number of carbonyl (C=O) groups is 2. The molecule has 1 unspecified atom stereocenters. The third-order valence-electron chi connectivity index (χ3n) is 7.83. The maximum atomic E-state index is 13.4. The molecule has 8 nitrogen and oxygen atoms in total. The van der Waals surface area contributed by atoms with Gasteiger partial charge in [-0.25, -0.2) is 4.79 Å². The molecule has 4 atom stereocenters. The topological polar surface area (TPSA) is 108 Å². The Morgan fingerprint density at radius 3 is 2.48 bits per heavy atom.